The minimum absolute atomic E-state index is 0.264. The summed E-state index contributed by atoms with van der Waals surface area (Å²) < 4.78 is 0. The van der Waals surface area contributed by atoms with E-state index in [4.69, 9.17) is 20.4 Å². The first-order valence-electron chi connectivity index (χ1n) is 4.97. The Morgan fingerprint density at radius 1 is 0.706 bits per heavy atom. The molecule has 0 spiro atoms. The highest BCUT2D eigenvalue weighted by Gasteiger charge is 2.06. The molecule has 0 fully saturated rings. The van der Waals surface area contributed by atoms with Gasteiger partial charge in [-0.3, -0.25) is 0 Å². The van der Waals surface area contributed by atoms with Crippen molar-refractivity contribution in [1.82, 2.24) is 0 Å². The molecule has 0 aliphatic carbocycles. The minimum atomic E-state index is -0.458. The van der Waals surface area contributed by atoms with Crippen LogP contribution in [-0.2, 0) is 0 Å². The molecule has 0 saturated heterocycles. The topological polar surface area (TPSA) is 80.9 Å². The smallest absolute Gasteiger partial charge is 0.200 e. The lowest BCUT2D eigenvalue weighted by Crippen LogP contribution is -1.75. The fourth-order valence-electron chi connectivity index (χ4n) is 1.10. The monoisotopic (exact) mass is 234 g/mol. The van der Waals surface area contributed by atoms with Crippen molar-refractivity contribution in [2.45, 2.75) is 6.92 Å². The number of rotatable bonds is 0. The summed E-state index contributed by atoms with van der Waals surface area (Å²) in [5, 5.41) is 35.3. The van der Waals surface area contributed by atoms with Gasteiger partial charge in [-0.25, -0.2) is 0 Å². The summed E-state index contributed by atoms with van der Waals surface area (Å²) in [6, 6.07) is 11.6. The Bertz CT molecular complexity index is 453. The predicted octanol–water partition coefficient (Wildman–Crippen LogP) is 2.50. The average molecular weight is 234 g/mol. The number of phenolic OH excluding ortho intramolecular Hbond substituents is 4. The second-order valence-corrected chi connectivity index (χ2v) is 3.43. The van der Waals surface area contributed by atoms with Crippen LogP contribution in [0.2, 0.25) is 0 Å². The molecule has 2 rings (SSSR count). The zero-order chi connectivity index (χ0) is 12.8. The number of hydrogen-bond donors (Lipinski definition) is 4. The Labute approximate surface area is 99.0 Å². The van der Waals surface area contributed by atoms with Crippen LogP contribution in [0.25, 0.3) is 0 Å². The summed E-state index contributed by atoms with van der Waals surface area (Å²) in [6.07, 6.45) is 0. The van der Waals surface area contributed by atoms with Gasteiger partial charge in [0.1, 0.15) is 5.75 Å². The number of aryl methyl sites for hydroxylation is 1. The summed E-state index contributed by atoms with van der Waals surface area (Å²) >= 11 is 0. The van der Waals surface area contributed by atoms with Crippen LogP contribution >= 0.6 is 0 Å². The molecule has 2 aromatic carbocycles. The minimum Gasteiger partial charge on any atom is -0.508 e. The fraction of sp³-hybridized carbons (Fsp3) is 0.0769. The van der Waals surface area contributed by atoms with E-state index in [1.165, 1.54) is 12.1 Å². The fourth-order valence-corrected chi connectivity index (χ4v) is 1.10. The summed E-state index contributed by atoms with van der Waals surface area (Å²) in [5.41, 5.74) is 0.537. The number of hydrogen-bond acceptors (Lipinski definition) is 4. The van der Waals surface area contributed by atoms with Crippen LogP contribution < -0.4 is 0 Å². The highest BCUT2D eigenvalue weighted by Crippen LogP contribution is 2.36. The maximum Gasteiger partial charge on any atom is 0.200 e. The van der Waals surface area contributed by atoms with E-state index < -0.39 is 5.75 Å². The number of para-hydroxylation sites is 1. The predicted molar refractivity (Wildman–Crippen MR) is 64.3 cm³/mol. The van der Waals surface area contributed by atoms with Crippen molar-refractivity contribution in [3.05, 3.63) is 48.0 Å². The Hall–Kier alpha value is -2.36. The highest BCUT2D eigenvalue weighted by molar-refractivity contribution is 5.52. The van der Waals surface area contributed by atoms with Crippen LogP contribution in [0.3, 0.4) is 0 Å². The zero-order valence-corrected chi connectivity index (χ0v) is 9.33. The Kier molecular flexibility index (Phi) is 4.22. The Morgan fingerprint density at radius 2 is 1.29 bits per heavy atom. The molecular formula is C13H14O4. The van der Waals surface area contributed by atoms with Gasteiger partial charge in [-0.2, -0.15) is 0 Å². The van der Waals surface area contributed by atoms with Crippen molar-refractivity contribution in [3.8, 4) is 23.0 Å². The molecule has 0 heterocycles. The molecule has 0 unspecified atom stereocenters. The molecule has 0 atom stereocenters. The molecule has 2 aromatic rings. The third kappa shape index (κ3) is 3.61. The lowest BCUT2D eigenvalue weighted by atomic mass is 10.2. The van der Waals surface area contributed by atoms with Crippen molar-refractivity contribution >= 4 is 0 Å². The third-order valence-corrected chi connectivity index (χ3v) is 2.09. The normalized spacial score (nSPS) is 9.24. The van der Waals surface area contributed by atoms with Crippen LogP contribution in [-0.4, -0.2) is 20.4 Å². The van der Waals surface area contributed by atoms with Crippen LogP contribution in [0.1, 0.15) is 5.56 Å². The van der Waals surface area contributed by atoms with Gasteiger partial charge in [-0.05, 0) is 30.7 Å². The van der Waals surface area contributed by atoms with Crippen LogP contribution in [0.4, 0.5) is 0 Å². The third-order valence-electron chi connectivity index (χ3n) is 2.09. The molecule has 0 aromatic heterocycles. The van der Waals surface area contributed by atoms with Crippen molar-refractivity contribution in [2.75, 3.05) is 0 Å². The first-order valence-corrected chi connectivity index (χ1v) is 4.97. The van der Waals surface area contributed by atoms with Crippen LogP contribution in [0, 0.1) is 6.92 Å². The molecule has 0 aliphatic heterocycles. The second-order valence-electron chi connectivity index (χ2n) is 3.43. The largest absolute Gasteiger partial charge is 0.508 e. The first-order chi connectivity index (χ1) is 8.02. The van der Waals surface area contributed by atoms with Crippen LogP contribution in [0.5, 0.6) is 23.0 Å². The van der Waals surface area contributed by atoms with Gasteiger partial charge in [0.25, 0.3) is 0 Å². The summed E-state index contributed by atoms with van der Waals surface area (Å²) in [7, 11) is 0. The Morgan fingerprint density at radius 3 is 1.71 bits per heavy atom. The standard InChI is InChI=1S/C7H8O3.C6H6O/c1-4-2-3-5(8)7(10)6(4)9;7-6-4-2-1-3-5-6/h2-3,8-10H,1H3;1-5,7H. The van der Waals surface area contributed by atoms with E-state index in [0.717, 1.165) is 0 Å². The molecular weight excluding hydrogens is 220 g/mol. The van der Waals surface area contributed by atoms with Gasteiger partial charge in [-0.1, -0.05) is 24.3 Å². The van der Waals surface area contributed by atoms with E-state index in [0.29, 0.717) is 11.3 Å². The zero-order valence-electron chi connectivity index (χ0n) is 9.33. The molecule has 0 bridgehead atoms. The summed E-state index contributed by atoms with van der Waals surface area (Å²) in [5.74, 6) is -0.703. The quantitative estimate of drug-likeness (QED) is 0.528. The highest BCUT2D eigenvalue weighted by atomic mass is 16.3. The lowest BCUT2D eigenvalue weighted by molar-refractivity contribution is 0.366. The number of phenols is 4. The summed E-state index contributed by atoms with van der Waals surface area (Å²) in [4.78, 5) is 0. The second kappa shape index (κ2) is 5.65. The molecule has 90 valence electrons. The molecule has 4 nitrogen and oxygen atoms in total. The molecule has 0 amide bonds. The maximum atomic E-state index is 8.98. The van der Waals surface area contributed by atoms with Gasteiger partial charge in [0.05, 0.1) is 0 Å². The van der Waals surface area contributed by atoms with E-state index >= 15 is 0 Å². The van der Waals surface area contributed by atoms with E-state index in [-0.39, 0.29) is 11.5 Å². The van der Waals surface area contributed by atoms with Gasteiger partial charge in [0, 0.05) is 0 Å². The van der Waals surface area contributed by atoms with Gasteiger partial charge in [0.2, 0.25) is 5.75 Å². The van der Waals surface area contributed by atoms with Gasteiger partial charge < -0.3 is 20.4 Å². The molecule has 17 heavy (non-hydrogen) atoms. The van der Waals surface area contributed by atoms with E-state index in [1.807, 2.05) is 6.07 Å². The number of benzene rings is 2. The lowest BCUT2D eigenvalue weighted by Gasteiger charge is -2.01. The molecule has 4 N–H and O–H groups in total. The molecule has 0 saturated carbocycles. The van der Waals surface area contributed by atoms with Crippen molar-refractivity contribution in [3.63, 3.8) is 0 Å². The molecule has 0 aliphatic rings. The molecule has 0 radical (unpaired) electrons. The van der Waals surface area contributed by atoms with E-state index in [9.17, 15) is 0 Å². The van der Waals surface area contributed by atoms with Crippen LogP contribution in [0.15, 0.2) is 42.5 Å². The van der Waals surface area contributed by atoms with Gasteiger partial charge in [-0.15, -0.1) is 0 Å². The SMILES string of the molecule is Cc1ccc(O)c(O)c1O.Oc1ccccc1. The van der Waals surface area contributed by atoms with Crippen molar-refractivity contribution < 1.29 is 20.4 Å². The number of aromatic hydroxyl groups is 4. The van der Waals surface area contributed by atoms with E-state index in [2.05, 4.69) is 0 Å². The van der Waals surface area contributed by atoms with Crippen molar-refractivity contribution in [1.29, 1.82) is 0 Å². The first kappa shape index (κ1) is 12.7. The van der Waals surface area contributed by atoms with Gasteiger partial charge in [0.15, 0.2) is 11.5 Å². The Balaban J connectivity index is 0.000000181. The summed E-state index contributed by atoms with van der Waals surface area (Å²) in [6.45, 7) is 1.63. The van der Waals surface area contributed by atoms with Crippen molar-refractivity contribution in [2.24, 2.45) is 0 Å². The maximum absolute atomic E-state index is 8.98. The van der Waals surface area contributed by atoms with Gasteiger partial charge >= 0.3 is 0 Å². The average Bonchev–Trinajstić information content (AvgIpc) is 2.33. The van der Waals surface area contributed by atoms with E-state index in [1.54, 1.807) is 31.2 Å². The molecule has 4 heteroatoms.